The summed E-state index contributed by atoms with van der Waals surface area (Å²) in [5.41, 5.74) is -3.11. The van der Waals surface area contributed by atoms with Crippen LogP contribution in [0.2, 0.25) is 0 Å². The van der Waals surface area contributed by atoms with Crippen LogP contribution in [-0.4, -0.2) is 27.8 Å². The molecule has 1 heterocycles. The molecule has 3 aromatic rings. The largest absolute Gasteiger partial charge is 0.418 e. The second kappa shape index (κ2) is 9.79. The number of nitrogens with one attached hydrogen (secondary N) is 2. The summed E-state index contributed by atoms with van der Waals surface area (Å²) in [5, 5.41) is 11.6. The highest BCUT2D eigenvalue weighted by molar-refractivity contribution is 8.01. The molecule has 0 aliphatic carbocycles. The minimum atomic E-state index is -4.73. The first kappa shape index (κ1) is 24.5. The summed E-state index contributed by atoms with van der Waals surface area (Å²) < 4.78 is 78.4. The van der Waals surface area contributed by atoms with Gasteiger partial charge in [-0.05, 0) is 24.3 Å². The highest BCUT2D eigenvalue weighted by Gasteiger charge is 2.35. The van der Waals surface area contributed by atoms with Gasteiger partial charge in [-0.2, -0.15) is 26.3 Å². The van der Waals surface area contributed by atoms with Crippen LogP contribution in [0.1, 0.15) is 21.5 Å². The van der Waals surface area contributed by atoms with Crippen LogP contribution in [0.25, 0.3) is 0 Å². The maximum atomic E-state index is 13.1. The van der Waals surface area contributed by atoms with Crippen LogP contribution in [0.15, 0.2) is 52.9 Å². The molecule has 2 N–H and O–H groups in total. The zero-order chi connectivity index (χ0) is 24.2. The topological polar surface area (TPSA) is 84.0 Å². The van der Waals surface area contributed by atoms with Crippen molar-refractivity contribution in [3.63, 3.8) is 0 Å². The zero-order valence-electron chi connectivity index (χ0n) is 16.1. The third-order valence-corrected chi connectivity index (χ3v) is 5.91. The van der Waals surface area contributed by atoms with E-state index in [4.69, 9.17) is 0 Å². The Bertz CT molecular complexity index is 1160. The minimum absolute atomic E-state index is 0.109. The number of hydrogen-bond donors (Lipinski definition) is 2. The normalized spacial score (nSPS) is 11.8. The van der Waals surface area contributed by atoms with E-state index in [0.717, 1.165) is 53.4 Å². The lowest BCUT2D eigenvalue weighted by Gasteiger charge is -2.13. The fourth-order valence-electron chi connectivity index (χ4n) is 2.56. The Labute approximate surface area is 190 Å². The van der Waals surface area contributed by atoms with Crippen molar-refractivity contribution in [2.24, 2.45) is 0 Å². The molecule has 0 saturated carbocycles. The van der Waals surface area contributed by atoms with Gasteiger partial charge in [0.2, 0.25) is 11.0 Å². The van der Waals surface area contributed by atoms with Gasteiger partial charge in [0.25, 0.3) is 5.91 Å². The van der Waals surface area contributed by atoms with Gasteiger partial charge in [0, 0.05) is 0 Å². The number of aromatic nitrogens is 2. The van der Waals surface area contributed by atoms with Crippen LogP contribution in [-0.2, 0) is 17.1 Å². The van der Waals surface area contributed by atoms with E-state index in [1.165, 1.54) is 18.2 Å². The molecule has 6 nitrogen and oxygen atoms in total. The third kappa shape index (κ3) is 6.44. The monoisotopic (exact) mass is 506 g/mol. The number of hydrogen-bond acceptors (Lipinski definition) is 6. The molecule has 14 heteroatoms. The maximum Gasteiger partial charge on any atom is 0.418 e. The Balaban J connectivity index is 1.60. The van der Waals surface area contributed by atoms with E-state index in [1.807, 2.05) is 0 Å². The number of para-hydroxylation sites is 1. The van der Waals surface area contributed by atoms with Gasteiger partial charge < -0.3 is 5.32 Å². The van der Waals surface area contributed by atoms with Gasteiger partial charge in [-0.15, -0.1) is 10.2 Å². The van der Waals surface area contributed by atoms with Crippen LogP contribution >= 0.6 is 23.1 Å². The number of thioether (sulfide) groups is 1. The number of amides is 2. The predicted octanol–water partition coefficient (Wildman–Crippen LogP) is 5.56. The second-order valence-electron chi connectivity index (χ2n) is 6.25. The number of nitrogens with zero attached hydrogens (tertiary/aromatic N) is 2. The first-order chi connectivity index (χ1) is 15.4. The quantitative estimate of drug-likeness (QED) is 0.260. The number of carbonyl (C=O) groups excluding carboxylic acids is 2. The van der Waals surface area contributed by atoms with Gasteiger partial charge >= 0.3 is 12.4 Å². The van der Waals surface area contributed by atoms with Crippen LogP contribution in [0, 0.1) is 0 Å². The number of rotatable bonds is 6. The van der Waals surface area contributed by atoms with E-state index in [-0.39, 0.29) is 15.2 Å². The Kier molecular flexibility index (Phi) is 7.27. The standard InChI is InChI=1S/C19H12F6N4O2S2/c20-18(21,22)11-6-2-1-5-10(11)15(31)27-16-28-29-17(33-16)32-9-14(30)26-13-8-4-3-7-12(13)19(23,24)25/h1-8H,9H2,(H,26,30)(H,27,28,31). The van der Waals surface area contributed by atoms with Gasteiger partial charge in [0.1, 0.15) is 0 Å². The SMILES string of the molecule is O=C(CSc1nnc(NC(=O)c2ccccc2C(F)(F)F)s1)Nc1ccccc1C(F)(F)F. The van der Waals surface area contributed by atoms with E-state index >= 15 is 0 Å². The molecule has 174 valence electrons. The summed E-state index contributed by atoms with van der Waals surface area (Å²) in [4.78, 5) is 24.3. The summed E-state index contributed by atoms with van der Waals surface area (Å²) in [6.45, 7) is 0. The van der Waals surface area contributed by atoms with Gasteiger partial charge in [-0.3, -0.25) is 14.9 Å². The van der Waals surface area contributed by atoms with Gasteiger partial charge in [0.05, 0.1) is 28.1 Å². The molecule has 1 aromatic heterocycles. The van der Waals surface area contributed by atoms with Crippen molar-refractivity contribution in [3.05, 3.63) is 65.2 Å². The minimum Gasteiger partial charge on any atom is -0.325 e. The van der Waals surface area contributed by atoms with Gasteiger partial charge in [-0.25, -0.2) is 0 Å². The molecule has 33 heavy (non-hydrogen) atoms. The van der Waals surface area contributed by atoms with Gasteiger partial charge in [-0.1, -0.05) is 47.4 Å². The van der Waals surface area contributed by atoms with Crippen molar-refractivity contribution >= 4 is 45.7 Å². The van der Waals surface area contributed by atoms with Crippen molar-refractivity contribution in [2.45, 2.75) is 16.7 Å². The number of alkyl halides is 6. The highest BCUT2D eigenvalue weighted by Crippen LogP contribution is 2.35. The maximum absolute atomic E-state index is 13.1. The molecule has 0 atom stereocenters. The molecule has 0 radical (unpaired) electrons. The lowest BCUT2D eigenvalue weighted by molar-refractivity contribution is -0.138. The molecule has 0 spiro atoms. The number of anilines is 2. The Morgan fingerprint density at radius 1 is 0.848 bits per heavy atom. The second-order valence-corrected chi connectivity index (χ2v) is 8.45. The smallest absolute Gasteiger partial charge is 0.325 e. The third-order valence-electron chi connectivity index (χ3n) is 3.94. The molecule has 2 aromatic carbocycles. The summed E-state index contributed by atoms with van der Waals surface area (Å²) in [5.74, 6) is -2.10. The first-order valence-electron chi connectivity index (χ1n) is 8.85. The molecular formula is C19H12F6N4O2S2. The molecule has 3 rings (SSSR count). The van der Waals surface area contributed by atoms with E-state index in [2.05, 4.69) is 20.8 Å². The van der Waals surface area contributed by atoms with Crippen LogP contribution in [0.5, 0.6) is 0 Å². The molecule has 0 bridgehead atoms. The lowest BCUT2D eigenvalue weighted by Crippen LogP contribution is -2.18. The van der Waals surface area contributed by atoms with Crippen LogP contribution in [0.3, 0.4) is 0 Å². The Hall–Kier alpha value is -3.13. The molecule has 2 amide bonds. The fraction of sp³-hybridized carbons (Fsp3) is 0.158. The predicted molar refractivity (Wildman–Crippen MR) is 110 cm³/mol. The first-order valence-corrected chi connectivity index (χ1v) is 10.7. The summed E-state index contributed by atoms with van der Waals surface area (Å²) >= 11 is 1.63. The molecule has 0 aliphatic heterocycles. The molecule has 0 aliphatic rings. The summed E-state index contributed by atoms with van der Waals surface area (Å²) in [6, 6.07) is 8.69. The lowest BCUT2D eigenvalue weighted by atomic mass is 10.1. The molecule has 0 unspecified atom stereocenters. The van der Waals surface area contributed by atoms with Crippen LogP contribution in [0.4, 0.5) is 37.2 Å². The number of carbonyl (C=O) groups is 2. The van der Waals surface area contributed by atoms with Crippen molar-refractivity contribution in [1.29, 1.82) is 0 Å². The van der Waals surface area contributed by atoms with Crippen LogP contribution < -0.4 is 10.6 Å². The molecular weight excluding hydrogens is 494 g/mol. The zero-order valence-corrected chi connectivity index (χ0v) is 17.8. The Morgan fingerprint density at radius 2 is 1.45 bits per heavy atom. The number of benzene rings is 2. The van der Waals surface area contributed by atoms with E-state index in [0.29, 0.717) is 0 Å². The average Bonchev–Trinajstić information content (AvgIpc) is 3.18. The highest BCUT2D eigenvalue weighted by atomic mass is 32.2. The van der Waals surface area contributed by atoms with E-state index < -0.39 is 46.5 Å². The molecule has 0 saturated heterocycles. The summed E-state index contributed by atoms with van der Waals surface area (Å²) in [6.07, 6.45) is -9.37. The fourth-order valence-corrected chi connectivity index (χ4v) is 4.11. The Morgan fingerprint density at radius 3 is 2.12 bits per heavy atom. The van der Waals surface area contributed by atoms with Crippen molar-refractivity contribution in [1.82, 2.24) is 10.2 Å². The molecule has 0 fully saturated rings. The van der Waals surface area contributed by atoms with Crippen molar-refractivity contribution in [3.8, 4) is 0 Å². The van der Waals surface area contributed by atoms with Crippen molar-refractivity contribution < 1.29 is 35.9 Å². The number of halogens is 6. The van der Waals surface area contributed by atoms with E-state index in [1.54, 1.807) is 0 Å². The van der Waals surface area contributed by atoms with Crippen molar-refractivity contribution in [2.75, 3.05) is 16.4 Å². The van der Waals surface area contributed by atoms with Gasteiger partial charge in [0.15, 0.2) is 4.34 Å². The van der Waals surface area contributed by atoms with E-state index in [9.17, 15) is 35.9 Å². The average molecular weight is 506 g/mol. The summed E-state index contributed by atoms with van der Waals surface area (Å²) in [7, 11) is 0.